The molecule has 1 amide bonds. The van der Waals surface area contributed by atoms with Crippen LogP contribution < -0.4 is 5.73 Å². The van der Waals surface area contributed by atoms with Gasteiger partial charge in [-0.2, -0.15) is 0 Å². The van der Waals surface area contributed by atoms with Crippen LogP contribution in [0.1, 0.15) is 37.3 Å². The van der Waals surface area contributed by atoms with Crippen molar-refractivity contribution < 1.29 is 9.18 Å². The van der Waals surface area contributed by atoms with Gasteiger partial charge in [-0.25, -0.2) is 4.39 Å². The van der Waals surface area contributed by atoms with Crippen LogP contribution in [0.15, 0.2) is 18.2 Å². The second-order valence-electron chi connectivity index (χ2n) is 5.30. The van der Waals surface area contributed by atoms with E-state index >= 15 is 0 Å². The number of nitrogens with two attached hydrogens (primary N) is 1. The monoisotopic (exact) mass is 294 g/mol. The lowest BCUT2D eigenvalue weighted by Gasteiger charge is -2.17. The van der Waals surface area contributed by atoms with E-state index in [1.807, 2.05) is 0 Å². The van der Waals surface area contributed by atoms with Crippen LogP contribution in [0.4, 0.5) is 4.39 Å². The van der Waals surface area contributed by atoms with Crippen LogP contribution in [0.2, 0.25) is 0 Å². The first-order valence-corrected chi connectivity index (χ1v) is 7.28. The van der Waals surface area contributed by atoms with Crippen molar-refractivity contribution in [2.24, 2.45) is 11.7 Å². The summed E-state index contributed by atoms with van der Waals surface area (Å²) in [4.78, 5) is 13.8. The molecule has 1 aromatic carbocycles. The fraction of sp³-hybridized carbons (Fsp3) is 0.467. The molecule has 1 atom stereocenters. The number of hydrogen-bond donors (Lipinski definition) is 1. The largest absolute Gasteiger partial charge is 0.389 e. The molecular formula is C15H19FN2OS. The van der Waals surface area contributed by atoms with Gasteiger partial charge in [0, 0.05) is 30.6 Å². The SMILES string of the molecule is CCCC1CC(=O)N(Cc2ccc(C(N)=S)cc2F)C1. The van der Waals surface area contributed by atoms with Crippen molar-refractivity contribution in [2.75, 3.05) is 6.54 Å². The van der Waals surface area contributed by atoms with Gasteiger partial charge in [-0.15, -0.1) is 0 Å². The smallest absolute Gasteiger partial charge is 0.223 e. The zero-order valence-corrected chi connectivity index (χ0v) is 12.4. The minimum atomic E-state index is -0.359. The van der Waals surface area contributed by atoms with Gasteiger partial charge in [0.2, 0.25) is 5.91 Å². The molecule has 1 aliphatic heterocycles. The minimum Gasteiger partial charge on any atom is -0.389 e. The van der Waals surface area contributed by atoms with Crippen LogP contribution in [-0.2, 0) is 11.3 Å². The van der Waals surface area contributed by atoms with Gasteiger partial charge in [0.05, 0.1) is 0 Å². The summed E-state index contributed by atoms with van der Waals surface area (Å²) in [5, 5.41) is 0. The van der Waals surface area contributed by atoms with E-state index in [2.05, 4.69) is 6.92 Å². The zero-order chi connectivity index (χ0) is 14.7. The number of halogens is 1. The molecule has 3 nitrogen and oxygen atoms in total. The number of benzene rings is 1. The van der Waals surface area contributed by atoms with Crippen LogP contribution in [0.5, 0.6) is 0 Å². The molecule has 2 N–H and O–H groups in total. The lowest BCUT2D eigenvalue weighted by atomic mass is 10.0. The fourth-order valence-electron chi connectivity index (χ4n) is 2.64. The van der Waals surface area contributed by atoms with Gasteiger partial charge in [-0.3, -0.25) is 4.79 Å². The molecule has 5 heteroatoms. The molecule has 1 saturated heterocycles. The quantitative estimate of drug-likeness (QED) is 0.849. The first-order valence-electron chi connectivity index (χ1n) is 6.87. The standard InChI is InChI=1S/C15H19FN2OS/c1-2-3-10-6-14(19)18(8-10)9-12-5-4-11(15(17)20)7-13(12)16/h4-5,7,10H,2-3,6,8-9H2,1H3,(H2,17,20). The Balaban J connectivity index is 2.07. The maximum Gasteiger partial charge on any atom is 0.223 e. The summed E-state index contributed by atoms with van der Waals surface area (Å²) >= 11 is 4.82. The summed E-state index contributed by atoms with van der Waals surface area (Å²) in [5.74, 6) is 0.162. The van der Waals surface area contributed by atoms with E-state index in [1.54, 1.807) is 17.0 Å². The Morgan fingerprint density at radius 3 is 2.90 bits per heavy atom. The summed E-state index contributed by atoms with van der Waals surface area (Å²) in [7, 11) is 0. The highest BCUT2D eigenvalue weighted by Gasteiger charge is 2.29. The Hall–Kier alpha value is -1.49. The zero-order valence-electron chi connectivity index (χ0n) is 11.6. The van der Waals surface area contributed by atoms with E-state index in [0.717, 1.165) is 19.4 Å². The molecule has 1 aromatic rings. The van der Waals surface area contributed by atoms with E-state index in [-0.39, 0.29) is 16.7 Å². The summed E-state index contributed by atoms with van der Waals surface area (Å²) in [6.07, 6.45) is 2.70. The van der Waals surface area contributed by atoms with Gasteiger partial charge >= 0.3 is 0 Å². The number of carbonyl (C=O) groups excluding carboxylic acids is 1. The Kier molecular flexibility index (Phi) is 4.70. The summed E-state index contributed by atoms with van der Waals surface area (Å²) in [6.45, 7) is 3.16. The van der Waals surface area contributed by atoms with E-state index in [1.165, 1.54) is 6.07 Å². The summed E-state index contributed by atoms with van der Waals surface area (Å²) < 4.78 is 14.0. The maximum absolute atomic E-state index is 14.0. The predicted octanol–water partition coefficient (Wildman–Crippen LogP) is 2.61. The number of carbonyl (C=O) groups is 1. The molecule has 1 heterocycles. The van der Waals surface area contributed by atoms with Crippen LogP contribution >= 0.6 is 12.2 Å². The van der Waals surface area contributed by atoms with Crippen molar-refractivity contribution >= 4 is 23.1 Å². The number of hydrogen-bond acceptors (Lipinski definition) is 2. The summed E-state index contributed by atoms with van der Waals surface area (Å²) in [5.41, 5.74) is 6.49. The van der Waals surface area contributed by atoms with E-state index in [0.29, 0.717) is 30.0 Å². The third-order valence-corrected chi connectivity index (χ3v) is 3.93. The van der Waals surface area contributed by atoms with Crippen molar-refractivity contribution in [1.29, 1.82) is 0 Å². The van der Waals surface area contributed by atoms with Crippen molar-refractivity contribution in [2.45, 2.75) is 32.7 Å². The second-order valence-corrected chi connectivity index (χ2v) is 5.74. The normalized spacial score (nSPS) is 18.6. The molecule has 20 heavy (non-hydrogen) atoms. The molecule has 0 aromatic heterocycles. The fourth-order valence-corrected chi connectivity index (χ4v) is 2.77. The van der Waals surface area contributed by atoms with Gasteiger partial charge in [0.1, 0.15) is 10.8 Å². The maximum atomic E-state index is 14.0. The van der Waals surface area contributed by atoms with Crippen LogP contribution in [0, 0.1) is 11.7 Å². The number of amides is 1. The molecule has 1 unspecified atom stereocenters. The van der Waals surface area contributed by atoms with Crippen LogP contribution in [0.25, 0.3) is 0 Å². The lowest BCUT2D eigenvalue weighted by molar-refractivity contribution is -0.128. The van der Waals surface area contributed by atoms with Gasteiger partial charge in [-0.05, 0) is 18.4 Å². The topological polar surface area (TPSA) is 46.3 Å². The minimum absolute atomic E-state index is 0.112. The molecule has 108 valence electrons. The molecule has 1 fully saturated rings. The Labute approximate surface area is 123 Å². The number of thiocarbonyl (C=S) groups is 1. The second kappa shape index (κ2) is 6.31. The van der Waals surface area contributed by atoms with Crippen molar-refractivity contribution in [3.63, 3.8) is 0 Å². The Bertz CT molecular complexity index is 533. The number of rotatable bonds is 5. The first-order chi connectivity index (χ1) is 9.51. The Morgan fingerprint density at radius 1 is 1.55 bits per heavy atom. The summed E-state index contributed by atoms with van der Waals surface area (Å²) in [6, 6.07) is 4.69. The molecular weight excluding hydrogens is 275 g/mol. The Morgan fingerprint density at radius 2 is 2.30 bits per heavy atom. The molecule has 0 spiro atoms. The lowest BCUT2D eigenvalue weighted by Crippen LogP contribution is -2.25. The van der Waals surface area contributed by atoms with Crippen molar-refractivity contribution in [3.8, 4) is 0 Å². The predicted molar refractivity (Wildman–Crippen MR) is 80.7 cm³/mol. The van der Waals surface area contributed by atoms with Crippen LogP contribution in [0.3, 0.4) is 0 Å². The van der Waals surface area contributed by atoms with Gasteiger partial charge in [-0.1, -0.05) is 37.7 Å². The van der Waals surface area contributed by atoms with Crippen molar-refractivity contribution in [3.05, 3.63) is 35.1 Å². The molecule has 0 saturated carbocycles. The molecule has 2 rings (SSSR count). The molecule has 1 aliphatic rings. The highest BCUT2D eigenvalue weighted by atomic mass is 32.1. The third-order valence-electron chi connectivity index (χ3n) is 3.69. The highest BCUT2D eigenvalue weighted by molar-refractivity contribution is 7.80. The number of likely N-dealkylation sites (tertiary alicyclic amines) is 1. The average molecular weight is 294 g/mol. The highest BCUT2D eigenvalue weighted by Crippen LogP contribution is 2.24. The van der Waals surface area contributed by atoms with E-state index < -0.39 is 0 Å². The molecule has 0 aliphatic carbocycles. The van der Waals surface area contributed by atoms with Gasteiger partial charge in [0.15, 0.2) is 0 Å². The van der Waals surface area contributed by atoms with Crippen LogP contribution in [-0.4, -0.2) is 22.3 Å². The van der Waals surface area contributed by atoms with Gasteiger partial charge in [0.25, 0.3) is 0 Å². The van der Waals surface area contributed by atoms with E-state index in [4.69, 9.17) is 18.0 Å². The third kappa shape index (κ3) is 3.33. The first kappa shape index (κ1) is 14.9. The molecule has 0 bridgehead atoms. The van der Waals surface area contributed by atoms with E-state index in [9.17, 15) is 9.18 Å². The van der Waals surface area contributed by atoms with Crippen molar-refractivity contribution in [1.82, 2.24) is 4.90 Å². The number of nitrogens with zero attached hydrogens (tertiary/aromatic N) is 1. The van der Waals surface area contributed by atoms with Gasteiger partial charge < -0.3 is 10.6 Å². The molecule has 0 radical (unpaired) electrons. The average Bonchev–Trinajstić information content (AvgIpc) is 2.72.